The summed E-state index contributed by atoms with van der Waals surface area (Å²) in [6, 6.07) is 5.71. The largest absolute Gasteiger partial charge is 0.496 e. The highest BCUT2D eigenvalue weighted by molar-refractivity contribution is 6.41. The molecule has 1 aromatic heterocycles. The predicted octanol–water partition coefficient (Wildman–Crippen LogP) is 6.73. The molecule has 2 aromatic carbocycles. The molecule has 0 amide bonds. The highest BCUT2D eigenvalue weighted by Gasteiger charge is 2.34. The molecule has 2 aliphatic carbocycles. The molecule has 37 heavy (non-hydrogen) atoms. The maximum atomic E-state index is 6.68. The molecular formula is C28H34Cl2N4O3. The van der Waals surface area contributed by atoms with Gasteiger partial charge in [0.05, 0.1) is 36.9 Å². The van der Waals surface area contributed by atoms with Crippen molar-refractivity contribution in [3.05, 3.63) is 34.4 Å². The van der Waals surface area contributed by atoms with Gasteiger partial charge in [-0.05, 0) is 37.2 Å². The van der Waals surface area contributed by atoms with E-state index in [4.69, 9.17) is 48.1 Å². The van der Waals surface area contributed by atoms with Crippen LogP contribution in [0.4, 0.5) is 5.95 Å². The number of benzene rings is 2. The van der Waals surface area contributed by atoms with Crippen molar-refractivity contribution in [2.24, 2.45) is 17.6 Å². The molecule has 0 bridgehead atoms. The van der Waals surface area contributed by atoms with Crippen LogP contribution >= 0.6 is 23.2 Å². The molecule has 0 saturated heterocycles. The van der Waals surface area contributed by atoms with E-state index in [1.165, 1.54) is 32.1 Å². The molecule has 9 heteroatoms. The Kier molecular flexibility index (Phi) is 7.84. The lowest BCUT2D eigenvalue weighted by Gasteiger charge is -2.37. The summed E-state index contributed by atoms with van der Waals surface area (Å²) in [5, 5.41) is 5.06. The summed E-state index contributed by atoms with van der Waals surface area (Å²) in [5.74, 6) is 3.66. The molecule has 0 radical (unpaired) electrons. The van der Waals surface area contributed by atoms with Crippen molar-refractivity contribution in [3.63, 3.8) is 0 Å². The molecule has 5 rings (SSSR count). The number of ether oxygens (including phenoxy) is 3. The third-order valence-electron chi connectivity index (χ3n) is 8.07. The van der Waals surface area contributed by atoms with Crippen molar-refractivity contribution in [1.82, 2.24) is 9.97 Å². The number of nitrogens with zero attached hydrogens (tertiary/aromatic N) is 2. The second kappa shape index (κ2) is 11.1. The summed E-state index contributed by atoms with van der Waals surface area (Å²) in [5.41, 5.74) is 8.62. The number of hydrogen-bond donors (Lipinski definition) is 2. The van der Waals surface area contributed by atoms with Crippen LogP contribution in [0.3, 0.4) is 0 Å². The fourth-order valence-electron chi connectivity index (χ4n) is 6.06. The van der Waals surface area contributed by atoms with Gasteiger partial charge in [0.15, 0.2) is 0 Å². The van der Waals surface area contributed by atoms with E-state index in [0.717, 1.165) is 35.6 Å². The van der Waals surface area contributed by atoms with Crippen molar-refractivity contribution >= 4 is 40.1 Å². The van der Waals surface area contributed by atoms with Crippen molar-refractivity contribution in [1.29, 1.82) is 0 Å². The number of fused-ring (bicyclic) bond motifs is 1. The molecule has 3 aromatic rings. The van der Waals surface area contributed by atoms with Crippen LogP contribution in [-0.4, -0.2) is 43.4 Å². The summed E-state index contributed by atoms with van der Waals surface area (Å²) in [6.07, 6.45) is 10.6. The predicted molar refractivity (Wildman–Crippen MR) is 149 cm³/mol. The lowest BCUT2D eigenvalue weighted by atomic mass is 9.75. The summed E-state index contributed by atoms with van der Waals surface area (Å²) in [4.78, 5) is 9.38. The van der Waals surface area contributed by atoms with Crippen LogP contribution in [0.2, 0.25) is 10.0 Å². The lowest BCUT2D eigenvalue weighted by molar-refractivity contribution is 0.220. The second-order valence-corrected chi connectivity index (χ2v) is 10.9. The van der Waals surface area contributed by atoms with E-state index in [2.05, 4.69) is 10.3 Å². The molecule has 198 valence electrons. The highest BCUT2D eigenvalue weighted by atomic mass is 35.5. The van der Waals surface area contributed by atoms with Crippen LogP contribution < -0.4 is 25.3 Å². The Morgan fingerprint density at radius 1 is 0.865 bits per heavy atom. The Hall–Kier alpha value is -2.48. The number of anilines is 1. The standard InChI is InChI=1S/C28H34Cl2N4O3/c1-35-22-12-21-17(10-18(22)25-26(29)23(36-2)13-24(37-3)27(25)30)14-32-28(34-21)33-20-9-8-16(11-19(20)31)15-6-4-5-7-15/h10,12-16,19-20H,4-9,11,31H2,1-3H3,(H,32,33,34). The zero-order valence-electron chi connectivity index (χ0n) is 21.5. The van der Waals surface area contributed by atoms with Crippen molar-refractivity contribution < 1.29 is 14.2 Å². The third-order valence-corrected chi connectivity index (χ3v) is 8.82. The number of hydrogen-bond acceptors (Lipinski definition) is 7. The van der Waals surface area contributed by atoms with Crippen LogP contribution in [0.1, 0.15) is 44.9 Å². The van der Waals surface area contributed by atoms with Gasteiger partial charge in [-0.3, -0.25) is 0 Å². The molecule has 7 nitrogen and oxygen atoms in total. The molecule has 2 saturated carbocycles. The average molecular weight is 546 g/mol. The van der Waals surface area contributed by atoms with E-state index >= 15 is 0 Å². The number of rotatable bonds is 7. The molecule has 3 unspecified atom stereocenters. The monoisotopic (exact) mass is 544 g/mol. The molecule has 0 spiro atoms. The molecule has 3 N–H and O–H groups in total. The van der Waals surface area contributed by atoms with E-state index < -0.39 is 0 Å². The fourth-order valence-corrected chi connectivity index (χ4v) is 6.76. The Labute approximate surface area is 228 Å². The zero-order chi connectivity index (χ0) is 26.1. The van der Waals surface area contributed by atoms with Crippen LogP contribution in [0.5, 0.6) is 17.2 Å². The third kappa shape index (κ3) is 5.14. The van der Waals surface area contributed by atoms with Gasteiger partial charge in [-0.25, -0.2) is 9.97 Å². The van der Waals surface area contributed by atoms with Crippen LogP contribution in [0.25, 0.3) is 22.0 Å². The van der Waals surface area contributed by atoms with Crippen LogP contribution in [-0.2, 0) is 0 Å². The first-order valence-electron chi connectivity index (χ1n) is 12.9. The minimum Gasteiger partial charge on any atom is -0.496 e. The van der Waals surface area contributed by atoms with Gasteiger partial charge in [0, 0.05) is 46.9 Å². The van der Waals surface area contributed by atoms with E-state index in [9.17, 15) is 0 Å². The van der Waals surface area contributed by atoms with Crippen LogP contribution in [0, 0.1) is 11.8 Å². The van der Waals surface area contributed by atoms with E-state index in [-0.39, 0.29) is 12.1 Å². The normalized spacial score (nSPS) is 22.3. The van der Waals surface area contributed by atoms with Gasteiger partial charge in [-0.2, -0.15) is 0 Å². The van der Waals surface area contributed by atoms with Gasteiger partial charge in [0.25, 0.3) is 0 Å². The average Bonchev–Trinajstić information content (AvgIpc) is 3.45. The van der Waals surface area contributed by atoms with Crippen molar-refractivity contribution in [2.45, 2.75) is 57.0 Å². The minimum atomic E-state index is 0.0999. The number of methoxy groups -OCH3 is 3. The van der Waals surface area contributed by atoms with Gasteiger partial charge in [-0.1, -0.05) is 48.9 Å². The maximum absolute atomic E-state index is 6.68. The summed E-state index contributed by atoms with van der Waals surface area (Å²) in [7, 11) is 4.70. The van der Waals surface area contributed by atoms with Gasteiger partial charge >= 0.3 is 0 Å². The smallest absolute Gasteiger partial charge is 0.223 e. The topological polar surface area (TPSA) is 91.5 Å². The van der Waals surface area contributed by atoms with Crippen molar-refractivity contribution in [3.8, 4) is 28.4 Å². The summed E-state index contributed by atoms with van der Waals surface area (Å²) >= 11 is 13.4. The van der Waals surface area contributed by atoms with Crippen LogP contribution in [0.15, 0.2) is 24.4 Å². The number of aromatic nitrogens is 2. The maximum Gasteiger partial charge on any atom is 0.223 e. The first kappa shape index (κ1) is 26.1. The highest BCUT2D eigenvalue weighted by Crippen LogP contribution is 2.49. The van der Waals surface area contributed by atoms with Gasteiger partial charge in [0.2, 0.25) is 5.95 Å². The lowest BCUT2D eigenvalue weighted by Crippen LogP contribution is -2.46. The minimum absolute atomic E-state index is 0.0999. The molecule has 0 aliphatic heterocycles. The molecular weight excluding hydrogens is 511 g/mol. The quantitative estimate of drug-likeness (QED) is 0.340. The molecule has 3 atom stereocenters. The van der Waals surface area contributed by atoms with E-state index in [1.807, 2.05) is 12.1 Å². The first-order valence-corrected chi connectivity index (χ1v) is 13.7. The first-order chi connectivity index (χ1) is 17.9. The molecule has 2 aliphatic rings. The Balaban J connectivity index is 1.43. The molecule has 1 heterocycles. The van der Waals surface area contributed by atoms with Crippen molar-refractivity contribution in [2.75, 3.05) is 26.6 Å². The summed E-state index contributed by atoms with van der Waals surface area (Å²) < 4.78 is 16.6. The zero-order valence-corrected chi connectivity index (χ0v) is 23.0. The Morgan fingerprint density at radius 3 is 2.16 bits per heavy atom. The Morgan fingerprint density at radius 2 is 1.54 bits per heavy atom. The SMILES string of the molecule is COc1cc2nc(NC3CCC(C4CCCC4)CC3N)ncc2cc1-c1c(Cl)c(OC)cc(OC)c1Cl. The number of nitrogens with one attached hydrogen (secondary N) is 1. The number of halogens is 2. The van der Waals surface area contributed by atoms with E-state index in [0.29, 0.717) is 44.4 Å². The van der Waals surface area contributed by atoms with Gasteiger partial charge in [0.1, 0.15) is 17.2 Å². The second-order valence-electron chi connectivity index (χ2n) is 10.1. The molecule has 2 fully saturated rings. The summed E-state index contributed by atoms with van der Waals surface area (Å²) in [6.45, 7) is 0. The van der Waals surface area contributed by atoms with Gasteiger partial charge < -0.3 is 25.3 Å². The fraction of sp³-hybridized carbons (Fsp3) is 0.500. The van der Waals surface area contributed by atoms with E-state index in [1.54, 1.807) is 33.6 Å². The van der Waals surface area contributed by atoms with Gasteiger partial charge in [-0.15, -0.1) is 0 Å². The Bertz CT molecular complexity index is 1250. The number of nitrogens with two attached hydrogens (primary N) is 1.